The molecule has 342 valence electrons. The van der Waals surface area contributed by atoms with Crippen molar-refractivity contribution in [2.75, 3.05) is 0 Å². The van der Waals surface area contributed by atoms with Crippen LogP contribution < -0.4 is 20.7 Å². The largest absolute Gasteiger partial charge is 0.309 e. The molecule has 0 fully saturated rings. The van der Waals surface area contributed by atoms with E-state index in [0.29, 0.717) is 17.7 Å². The van der Waals surface area contributed by atoms with Crippen molar-refractivity contribution in [1.82, 2.24) is 38.0 Å². The Kier molecular flexibility index (Phi) is 9.11. The molecule has 15 aromatic rings. The molecule has 0 spiro atoms. The minimum atomic E-state index is -3.04. The lowest BCUT2D eigenvalue weighted by Crippen LogP contribution is -2.74. The summed E-state index contributed by atoms with van der Waals surface area (Å²) in [5, 5.41) is 9.85. The highest BCUT2D eigenvalue weighted by Crippen LogP contribution is 2.35. The van der Waals surface area contributed by atoms with Crippen LogP contribution in [-0.2, 0) is 0 Å². The number of para-hydroxylation sites is 8. The molecule has 0 unspecified atom stereocenters. The van der Waals surface area contributed by atoms with E-state index in [0.717, 1.165) is 60.9 Å². The van der Waals surface area contributed by atoms with E-state index in [1.54, 1.807) is 0 Å². The van der Waals surface area contributed by atoms with Crippen LogP contribution in [-0.4, -0.2) is 46.1 Å². The maximum Gasteiger partial charge on any atom is 0.242 e. The monoisotopic (exact) mass is 950 g/mol. The van der Waals surface area contributed by atoms with Gasteiger partial charge in [0.1, 0.15) is 0 Å². The quantitative estimate of drug-likeness (QED) is 0.112. The molecule has 9 heteroatoms. The van der Waals surface area contributed by atoms with E-state index >= 15 is 0 Å². The summed E-state index contributed by atoms with van der Waals surface area (Å²) in [6.07, 6.45) is 0. The molecule has 5 heterocycles. The molecule has 0 amide bonds. The summed E-state index contributed by atoms with van der Waals surface area (Å²) in [5.74, 6) is 2.28. The van der Waals surface area contributed by atoms with Gasteiger partial charge in [0, 0.05) is 32.8 Å². The van der Waals surface area contributed by atoms with Crippen molar-refractivity contribution < 1.29 is 0 Å². The van der Waals surface area contributed by atoms with Gasteiger partial charge in [-0.25, -0.2) is 9.55 Å². The third kappa shape index (κ3) is 6.13. The van der Waals surface area contributed by atoms with Gasteiger partial charge in [0.2, 0.25) is 17.7 Å². The second-order valence-electron chi connectivity index (χ2n) is 18.7. The average molecular weight is 951 g/mol. The molecule has 15 rings (SSSR count). The van der Waals surface area contributed by atoms with Crippen molar-refractivity contribution >= 4 is 100 Å². The first-order valence-corrected chi connectivity index (χ1v) is 26.7. The minimum absolute atomic E-state index is 0.478. The molecular formula is C64H42N8Si. The first-order chi connectivity index (χ1) is 36.2. The minimum Gasteiger partial charge on any atom is -0.309 e. The summed E-state index contributed by atoms with van der Waals surface area (Å²) in [6, 6.07) is 91.6. The fourth-order valence-electron chi connectivity index (χ4n) is 11.7. The first-order valence-electron chi connectivity index (χ1n) is 24.7. The highest BCUT2D eigenvalue weighted by atomic mass is 28.3. The lowest BCUT2D eigenvalue weighted by Gasteiger charge is -2.35. The molecule has 8 nitrogen and oxygen atoms in total. The summed E-state index contributed by atoms with van der Waals surface area (Å²) >= 11 is 0. The highest BCUT2D eigenvalue weighted by Gasteiger charge is 2.42. The number of nitrogens with zero attached hydrogens (tertiary/aromatic N) is 8. The Labute approximate surface area is 420 Å². The fraction of sp³-hybridized carbons (Fsp3) is 0. The van der Waals surface area contributed by atoms with Crippen LogP contribution in [0.5, 0.6) is 0 Å². The van der Waals surface area contributed by atoms with Gasteiger partial charge in [0.05, 0.1) is 44.1 Å². The van der Waals surface area contributed by atoms with Crippen molar-refractivity contribution in [3.8, 4) is 29.0 Å². The van der Waals surface area contributed by atoms with E-state index in [-0.39, 0.29) is 0 Å². The van der Waals surface area contributed by atoms with E-state index in [1.807, 2.05) is 6.07 Å². The summed E-state index contributed by atoms with van der Waals surface area (Å²) in [5.41, 5.74) is 10.3. The van der Waals surface area contributed by atoms with Gasteiger partial charge in [-0.05, 0) is 81.4 Å². The molecule has 0 bridgehead atoms. The van der Waals surface area contributed by atoms with Gasteiger partial charge in [-0.15, -0.1) is 0 Å². The van der Waals surface area contributed by atoms with E-state index in [4.69, 9.17) is 19.9 Å². The van der Waals surface area contributed by atoms with E-state index in [1.165, 1.54) is 42.6 Å². The number of hydrogen-bond donors (Lipinski definition) is 0. The molecule has 0 saturated heterocycles. The Balaban J connectivity index is 0.970. The predicted octanol–water partition coefficient (Wildman–Crippen LogP) is 11.9. The molecule has 73 heavy (non-hydrogen) atoms. The number of rotatable bonds is 8. The van der Waals surface area contributed by atoms with Gasteiger partial charge in [0.25, 0.3) is 0 Å². The Morgan fingerprint density at radius 3 is 1.30 bits per heavy atom. The molecule has 0 aliphatic heterocycles. The summed E-state index contributed by atoms with van der Waals surface area (Å²) in [6.45, 7) is 0. The standard InChI is InChI=1S/C64H42N8Si/c1-3-21-45(22-4-1)73(46-23-5-2-6-24-46,48-25-19-20-44(42-48)69-54-31-12-7-26-49(54)50-27-8-13-32-55(50)69)47-40-38-43(39-41-47)61-66-62(70-56-33-14-9-28-51(56)52-29-10-15-34-57(52)70)68-63(67-61)72-60-37-18-17-36-59(60)71-58-35-16-11-30-53(58)65-64(71)72/h1-42H. The fourth-order valence-corrected chi connectivity index (χ4v) is 16.5. The molecule has 0 N–H and O–H groups in total. The third-order valence-electron chi connectivity index (χ3n) is 14.8. The van der Waals surface area contributed by atoms with Crippen LogP contribution in [0.25, 0.3) is 100 Å². The Bertz CT molecular complexity index is 4480. The van der Waals surface area contributed by atoms with Gasteiger partial charge in [0.15, 0.2) is 13.9 Å². The maximum atomic E-state index is 5.43. The number of aromatic nitrogens is 8. The van der Waals surface area contributed by atoms with Crippen LogP contribution in [0.1, 0.15) is 0 Å². The van der Waals surface area contributed by atoms with Crippen LogP contribution >= 0.6 is 0 Å². The van der Waals surface area contributed by atoms with Gasteiger partial charge in [-0.1, -0.05) is 194 Å². The number of benzene rings is 10. The Hall–Kier alpha value is -9.70. The van der Waals surface area contributed by atoms with Crippen molar-refractivity contribution in [2.45, 2.75) is 0 Å². The topological polar surface area (TPSA) is 70.8 Å². The molecule has 0 atom stereocenters. The van der Waals surface area contributed by atoms with Crippen LogP contribution in [0.2, 0.25) is 0 Å². The Morgan fingerprint density at radius 2 is 0.726 bits per heavy atom. The molecular weight excluding hydrogens is 909 g/mol. The number of hydrogen-bond acceptors (Lipinski definition) is 4. The van der Waals surface area contributed by atoms with E-state index < -0.39 is 8.07 Å². The van der Waals surface area contributed by atoms with Crippen LogP contribution in [0, 0.1) is 0 Å². The van der Waals surface area contributed by atoms with E-state index in [9.17, 15) is 0 Å². The zero-order chi connectivity index (χ0) is 48.0. The zero-order valence-corrected chi connectivity index (χ0v) is 40.3. The maximum absolute atomic E-state index is 5.43. The summed E-state index contributed by atoms with van der Waals surface area (Å²) < 4.78 is 8.88. The highest BCUT2D eigenvalue weighted by molar-refractivity contribution is 7.19. The van der Waals surface area contributed by atoms with Crippen LogP contribution in [0.3, 0.4) is 0 Å². The molecule has 0 aliphatic carbocycles. The van der Waals surface area contributed by atoms with Crippen molar-refractivity contribution in [2.24, 2.45) is 0 Å². The van der Waals surface area contributed by atoms with Crippen LogP contribution in [0.4, 0.5) is 0 Å². The normalized spacial score (nSPS) is 12.1. The second-order valence-corrected chi connectivity index (χ2v) is 22.5. The molecule has 0 saturated carbocycles. The van der Waals surface area contributed by atoms with Gasteiger partial charge >= 0.3 is 0 Å². The lowest BCUT2D eigenvalue weighted by molar-refractivity contribution is 0.885. The molecule has 0 aliphatic rings. The summed E-state index contributed by atoms with van der Waals surface area (Å²) in [4.78, 5) is 21.5. The molecule has 10 aromatic carbocycles. The van der Waals surface area contributed by atoms with Gasteiger partial charge in [-0.3, -0.25) is 8.97 Å². The van der Waals surface area contributed by atoms with Crippen molar-refractivity contribution in [3.05, 3.63) is 255 Å². The molecule has 0 radical (unpaired) electrons. The number of fused-ring (bicyclic) bond motifs is 11. The van der Waals surface area contributed by atoms with Crippen molar-refractivity contribution in [1.29, 1.82) is 0 Å². The molecule has 5 aromatic heterocycles. The SMILES string of the molecule is c1ccc([Si](c2ccccc2)(c2ccc(-c3nc(-n4c5ccccc5c5ccccc54)nc(-n4c5ccccc5n5c6ccccc6nc45)n3)cc2)c2cccc(-n3c4ccccc4c4ccccc43)c2)cc1. The predicted molar refractivity (Wildman–Crippen MR) is 301 cm³/mol. The van der Waals surface area contributed by atoms with Gasteiger partial charge in [-0.2, -0.15) is 15.0 Å². The Morgan fingerprint density at radius 1 is 0.288 bits per heavy atom. The lowest BCUT2D eigenvalue weighted by atomic mass is 10.2. The third-order valence-corrected chi connectivity index (χ3v) is 19.6. The van der Waals surface area contributed by atoms with E-state index in [2.05, 4.69) is 267 Å². The van der Waals surface area contributed by atoms with Gasteiger partial charge < -0.3 is 4.57 Å². The average Bonchev–Trinajstić information content (AvgIpc) is 4.20. The second kappa shape index (κ2) is 16.2. The first kappa shape index (κ1) is 41.1. The van der Waals surface area contributed by atoms with Crippen molar-refractivity contribution in [3.63, 3.8) is 0 Å². The smallest absolute Gasteiger partial charge is 0.242 e. The van der Waals surface area contributed by atoms with Crippen LogP contribution in [0.15, 0.2) is 255 Å². The zero-order valence-electron chi connectivity index (χ0n) is 39.3. The number of imidazole rings is 2. The summed E-state index contributed by atoms with van der Waals surface area (Å²) in [7, 11) is -3.04.